The first-order valence-corrected chi connectivity index (χ1v) is 9.95. The van der Waals surface area contributed by atoms with Gasteiger partial charge in [0.1, 0.15) is 11.5 Å². The Kier molecular flexibility index (Phi) is 11.5. The third-order valence-corrected chi connectivity index (χ3v) is 4.40. The fourth-order valence-corrected chi connectivity index (χ4v) is 2.64. The molecule has 0 bridgehead atoms. The smallest absolute Gasteiger partial charge is 0.340 e. The van der Waals surface area contributed by atoms with Gasteiger partial charge in [-0.15, -0.1) is 0 Å². The van der Waals surface area contributed by atoms with Crippen LogP contribution < -0.4 is 9.47 Å². The molecule has 0 saturated heterocycles. The van der Waals surface area contributed by atoms with Crippen molar-refractivity contribution >= 4 is 5.97 Å². The molecule has 1 aromatic carbocycles. The van der Waals surface area contributed by atoms with Crippen LogP contribution in [0, 0.1) is 0 Å². The van der Waals surface area contributed by atoms with Crippen LogP contribution in [0.3, 0.4) is 0 Å². The summed E-state index contributed by atoms with van der Waals surface area (Å²) in [5, 5.41) is 0. The second-order valence-corrected chi connectivity index (χ2v) is 6.54. The molecule has 0 aliphatic heterocycles. The number of benzene rings is 1. The van der Waals surface area contributed by atoms with Crippen LogP contribution in [0.4, 0.5) is 0 Å². The maximum Gasteiger partial charge on any atom is 0.340 e. The molecule has 0 N–H and O–H groups in total. The summed E-state index contributed by atoms with van der Waals surface area (Å²) in [5.74, 6) is 0.945. The fraction of sp³-hybridized carbons (Fsp3) is 0.591. The molecular formula is C22H35NO3. The molecule has 1 rings (SSSR count). The zero-order valence-corrected chi connectivity index (χ0v) is 16.8. The van der Waals surface area contributed by atoms with Crippen LogP contribution in [0.1, 0.15) is 59.3 Å². The van der Waals surface area contributed by atoms with Gasteiger partial charge in [-0.1, -0.05) is 59.5 Å². The van der Waals surface area contributed by atoms with Gasteiger partial charge < -0.3 is 9.47 Å². The van der Waals surface area contributed by atoms with E-state index in [2.05, 4.69) is 32.3 Å². The number of carbonyl (C=O) groups excluding carboxylic acids is 1. The highest BCUT2D eigenvalue weighted by atomic mass is 16.5. The molecule has 4 heteroatoms. The molecule has 146 valence electrons. The van der Waals surface area contributed by atoms with Gasteiger partial charge in [-0.25, -0.2) is 4.79 Å². The molecule has 0 aliphatic carbocycles. The topological polar surface area (TPSA) is 38.8 Å². The molecule has 4 nitrogen and oxygen atoms in total. The summed E-state index contributed by atoms with van der Waals surface area (Å²) in [6.07, 6.45) is 7.48. The Labute approximate surface area is 159 Å². The minimum Gasteiger partial charge on any atom is -0.494 e. The normalized spacial score (nSPS) is 10.8. The van der Waals surface area contributed by atoms with Gasteiger partial charge in [0, 0.05) is 12.1 Å². The number of hydrogen-bond acceptors (Lipinski definition) is 4. The summed E-state index contributed by atoms with van der Waals surface area (Å²) in [6, 6.07) is 7.21. The molecule has 0 aromatic heterocycles. The molecule has 0 heterocycles. The van der Waals surface area contributed by atoms with Gasteiger partial charge in [-0.2, -0.15) is 0 Å². The van der Waals surface area contributed by atoms with Crippen molar-refractivity contribution in [1.82, 2.24) is 4.90 Å². The number of unbranched alkanes of at least 4 members (excludes halogenated alkanes) is 5. The van der Waals surface area contributed by atoms with Crippen LogP contribution in [0.25, 0.3) is 0 Å². The molecule has 0 saturated carbocycles. The maximum absolute atomic E-state index is 12.1. The summed E-state index contributed by atoms with van der Waals surface area (Å²) >= 11 is 0. The van der Waals surface area contributed by atoms with Gasteiger partial charge in [0.25, 0.3) is 0 Å². The lowest BCUT2D eigenvalue weighted by Crippen LogP contribution is -2.28. The Hall–Kier alpha value is -1.81. The van der Waals surface area contributed by atoms with Crippen LogP contribution in [0.2, 0.25) is 0 Å². The van der Waals surface area contributed by atoms with E-state index in [1.165, 1.54) is 32.1 Å². The van der Waals surface area contributed by atoms with E-state index < -0.39 is 0 Å². The highest BCUT2D eigenvalue weighted by Crippen LogP contribution is 2.19. The third-order valence-electron chi connectivity index (χ3n) is 4.40. The Morgan fingerprint density at radius 2 is 1.50 bits per heavy atom. The van der Waals surface area contributed by atoms with E-state index in [1.807, 2.05) is 12.1 Å². The number of ether oxygens (including phenoxy) is 2. The van der Waals surface area contributed by atoms with Gasteiger partial charge in [0.15, 0.2) is 0 Å². The first-order chi connectivity index (χ1) is 12.6. The van der Waals surface area contributed by atoms with Crippen LogP contribution in [0.5, 0.6) is 11.5 Å². The van der Waals surface area contributed by atoms with E-state index >= 15 is 0 Å². The number of hydrogen-bond donors (Lipinski definition) is 0. The van der Waals surface area contributed by atoms with Crippen molar-refractivity contribution in [2.75, 3.05) is 26.2 Å². The monoisotopic (exact) mass is 361 g/mol. The highest BCUT2D eigenvalue weighted by Gasteiger charge is 2.12. The summed E-state index contributed by atoms with van der Waals surface area (Å²) in [7, 11) is 0. The second-order valence-electron chi connectivity index (χ2n) is 6.54. The molecule has 0 atom stereocenters. The summed E-state index contributed by atoms with van der Waals surface area (Å²) in [6.45, 7) is 13.2. The summed E-state index contributed by atoms with van der Waals surface area (Å²) < 4.78 is 11.1. The number of likely N-dealkylation sites (N-methyl/N-ethyl adjacent to an activating group) is 1. The predicted molar refractivity (Wildman–Crippen MR) is 108 cm³/mol. The minimum absolute atomic E-state index is 0.377. The minimum atomic E-state index is -0.377. The third kappa shape index (κ3) is 9.04. The first-order valence-electron chi connectivity index (χ1n) is 9.95. The first kappa shape index (κ1) is 22.2. The molecule has 0 spiro atoms. The second kappa shape index (κ2) is 13.4. The van der Waals surface area contributed by atoms with Crippen LogP contribution in [-0.2, 0) is 4.79 Å². The van der Waals surface area contributed by atoms with Gasteiger partial charge in [-0.05, 0) is 43.8 Å². The molecule has 0 radical (unpaired) electrons. The molecule has 0 unspecified atom stereocenters. The lowest BCUT2D eigenvalue weighted by molar-refractivity contribution is -0.130. The number of esters is 1. The van der Waals surface area contributed by atoms with E-state index in [0.717, 1.165) is 31.9 Å². The Balaban J connectivity index is 2.31. The van der Waals surface area contributed by atoms with Crippen molar-refractivity contribution < 1.29 is 14.3 Å². The van der Waals surface area contributed by atoms with Crippen molar-refractivity contribution in [2.24, 2.45) is 0 Å². The number of nitrogens with zero attached hydrogens (tertiary/aromatic N) is 1. The quantitative estimate of drug-likeness (QED) is 0.197. The lowest BCUT2D eigenvalue weighted by Gasteiger charge is -2.18. The van der Waals surface area contributed by atoms with Gasteiger partial charge in [-0.3, -0.25) is 4.90 Å². The SMILES string of the molecule is C=C(CN(CC)CC)C(=O)Oc1ccc(OCCCCCCCC)cc1. The molecule has 0 amide bonds. The number of carbonyl (C=O) groups is 1. The Bertz CT molecular complexity index is 521. The van der Waals surface area contributed by atoms with Crippen molar-refractivity contribution in [3.63, 3.8) is 0 Å². The van der Waals surface area contributed by atoms with E-state index in [4.69, 9.17) is 9.47 Å². The largest absolute Gasteiger partial charge is 0.494 e. The van der Waals surface area contributed by atoms with E-state index in [1.54, 1.807) is 12.1 Å². The predicted octanol–water partition coefficient (Wildman–Crippen LogP) is 5.23. The van der Waals surface area contributed by atoms with Crippen molar-refractivity contribution in [1.29, 1.82) is 0 Å². The van der Waals surface area contributed by atoms with Gasteiger partial charge in [0.2, 0.25) is 0 Å². The van der Waals surface area contributed by atoms with Crippen molar-refractivity contribution in [3.8, 4) is 11.5 Å². The molecule has 0 fully saturated rings. The van der Waals surface area contributed by atoms with Gasteiger partial charge >= 0.3 is 5.97 Å². The van der Waals surface area contributed by atoms with Gasteiger partial charge in [0.05, 0.1) is 6.61 Å². The zero-order valence-electron chi connectivity index (χ0n) is 16.8. The lowest BCUT2D eigenvalue weighted by atomic mass is 10.1. The molecule has 26 heavy (non-hydrogen) atoms. The van der Waals surface area contributed by atoms with Crippen LogP contribution in [0.15, 0.2) is 36.4 Å². The zero-order chi connectivity index (χ0) is 19.2. The van der Waals surface area contributed by atoms with Crippen LogP contribution >= 0.6 is 0 Å². The number of rotatable bonds is 14. The Morgan fingerprint density at radius 3 is 2.12 bits per heavy atom. The van der Waals surface area contributed by atoms with E-state index in [9.17, 15) is 4.79 Å². The van der Waals surface area contributed by atoms with Crippen LogP contribution in [-0.4, -0.2) is 37.1 Å². The standard InChI is InChI=1S/C22H35NO3/c1-5-8-9-10-11-12-17-25-20-13-15-21(16-14-20)26-22(24)19(4)18-23(6-2)7-3/h13-16H,4-12,17-18H2,1-3H3. The molecule has 1 aromatic rings. The van der Waals surface area contributed by atoms with Crippen molar-refractivity contribution in [3.05, 3.63) is 36.4 Å². The average Bonchev–Trinajstić information content (AvgIpc) is 2.66. The Morgan fingerprint density at radius 1 is 0.923 bits per heavy atom. The fourth-order valence-electron chi connectivity index (χ4n) is 2.64. The summed E-state index contributed by atoms with van der Waals surface area (Å²) in [5.41, 5.74) is 0.470. The highest BCUT2D eigenvalue weighted by molar-refractivity contribution is 5.89. The average molecular weight is 362 g/mol. The van der Waals surface area contributed by atoms with Crippen molar-refractivity contribution in [2.45, 2.75) is 59.3 Å². The van der Waals surface area contributed by atoms with E-state index in [0.29, 0.717) is 17.9 Å². The molecular weight excluding hydrogens is 326 g/mol. The molecule has 0 aliphatic rings. The van der Waals surface area contributed by atoms with E-state index in [-0.39, 0.29) is 5.97 Å². The summed E-state index contributed by atoms with van der Waals surface area (Å²) in [4.78, 5) is 14.2. The maximum atomic E-state index is 12.1.